The molecule has 4 heteroatoms. The average molecular weight is 286 g/mol. The van der Waals surface area contributed by atoms with E-state index in [1.807, 2.05) is 25.2 Å². The highest BCUT2D eigenvalue weighted by atomic mass is 127. The highest BCUT2D eigenvalue weighted by molar-refractivity contribution is 14.1. The fraction of sp³-hybridized carbons (Fsp3) is 0.111. The third kappa shape index (κ3) is 1.35. The summed E-state index contributed by atoms with van der Waals surface area (Å²) in [4.78, 5) is 10.7. The minimum absolute atomic E-state index is 0.510. The molecule has 2 rings (SSSR count). The lowest BCUT2D eigenvalue weighted by atomic mass is 10.2. The number of fused-ring (bicyclic) bond motifs is 1. The van der Waals surface area contributed by atoms with Gasteiger partial charge in [0.2, 0.25) is 0 Å². The van der Waals surface area contributed by atoms with Gasteiger partial charge in [-0.1, -0.05) is 0 Å². The molecule has 1 aromatic heterocycles. The van der Waals surface area contributed by atoms with E-state index in [2.05, 4.69) is 27.7 Å². The van der Waals surface area contributed by atoms with Crippen molar-refractivity contribution in [3.8, 4) is 0 Å². The van der Waals surface area contributed by atoms with Gasteiger partial charge in [0.1, 0.15) is 5.69 Å². The van der Waals surface area contributed by atoms with Crippen LogP contribution in [0.1, 0.15) is 10.5 Å². The Balaban J connectivity index is 2.89. The van der Waals surface area contributed by atoms with Gasteiger partial charge in [-0.2, -0.15) is 5.10 Å². The number of hydrogen-bond donors (Lipinski definition) is 0. The third-order valence-corrected chi connectivity index (χ3v) is 2.62. The number of rotatable bonds is 1. The van der Waals surface area contributed by atoms with Crippen LogP contribution in [0.4, 0.5) is 0 Å². The Kier molecular flexibility index (Phi) is 2.07. The second-order valence-electron chi connectivity index (χ2n) is 2.79. The van der Waals surface area contributed by atoms with Gasteiger partial charge in [-0.15, -0.1) is 0 Å². The quantitative estimate of drug-likeness (QED) is 0.593. The molecule has 66 valence electrons. The Morgan fingerprint density at radius 1 is 1.54 bits per heavy atom. The number of benzene rings is 1. The minimum Gasteiger partial charge on any atom is -0.296 e. The summed E-state index contributed by atoms with van der Waals surface area (Å²) in [5.41, 5.74) is 1.50. The molecule has 0 saturated heterocycles. The number of carbonyl (C=O) groups excluding carboxylic acids is 1. The number of aryl methyl sites for hydroxylation is 1. The second-order valence-corrected chi connectivity index (χ2v) is 4.03. The van der Waals surface area contributed by atoms with Crippen LogP contribution >= 0.6 is 22.6 Å². The first-order valence-corrected chi connectivity index (χ1v) is 4.87. The summed E-state index contributed by atoms with van der Waals surface area (Å²) in [6.45, 7) is 0. The van der Waals surface area contributed by atoms with E-state index in [0.717, 1.165) is 20.8 Å². The number of aromatic nitrogens is 2. The fourth-order valence-electron chi connectivity index (χ4n) is 1.35. The second kappa shape index (κ2) is 3.10. The molecule has 0 radical (unpaired) electrons. The molecule has 0 fully saturated rings. The van der Waals surface area contributed by atoms with Crippen LogP contribution in [-0.4, -0.2) is 16.1 Å². The van der Waals surface area contributed by atoms with Crippen LogP contribution in [0.5, 0.6) is 0 Å². The van der Waals surface area contributed by atoms with E-state index in [-0.39, 0.29) is 0 Å². The Morgan fingerprint density at radius 3 is 3.00 bits per heavy atom. The van der Waals surface area contributed by atoms with Gasteiger partial charge in [0.15, 0.2) is 6.29 Å². The number of nitrogens with zero attached hydrogens (tertiary/aromatic N) is 2. The van der Waals surface area contributed by atoms with Crippen LogP contribution < -0.4 is 0 Å². The predicted molar refractivity (Wildman–Crippen MR) is 58.8 cm³/mol. The summed E-state index contributed by atoms with van der Waals surface area (Å²) in [5, 5.41) is 5.02. The number of aldehydes is 1. The SMILES string of the molecule is Cn1nc(C=O)c2cc(I)ccc21. The van der Waals surface area contributed by atoms with E-state index in [1.165, 1.54) is 0 Å². The van der Waals surface area contributed by atoms with Crippen molar-refractivity contribution in [2.45, 2.75) is 0 Å². The molecule has 0 spiro atoms. The molecule has 0 atom stereocenters. The zero-order valence-electron chi connectivity index (χ0n) is 6.99. The van der Waals surface area contributed by atoms with E-state index in [9.17, 15) is 4.79 Å². The standard InChI is InChI=1S/C9H7IN2O/c1-12-9-3-2-6(10)4-7(9)8(5-13)11-12/h2-5H,1H3. The van der Waals surface area contributed by atoms with Crippen molar-refractivity contribution in [1.29, 1.82) is 0 Å². The third-order valence-electron chi connectivity index (χ3n) is 1.95. The molecule has 1 heterocycles. The molecule has 0 aliphatic heterocycles. The molecule has 0 amide bonds. The molecule has 0 aliphatic carbocycles. The van der Waals surface area contributed by atoms with Crippen molar-refractivity contribution in [3.63, 3.8) is 0 Å². The van der Waals surface area contributed by atoms with Gasteiger partial charge in [-0.3, -0.25) is 9.48 Å². The number of hydrogen-bond acceptors (Lipinski definition) is 2. The summed E-state index contributed by atoms with van der Waals surface area (Å²) >= 11 is 2.22. The van der Waals surface area contributed by atoms with Crippen LogP contribution in [0.25, 0.3) is 10.9 Å². The topological polar surface area (TPSA) is 34.9 Å². The highest BCUT2D eigenvalue weighted by Gasteiger charge is 2.06. The molecular weight excluding hydrogens is 279 g/mol. The summed E-state index contributed by atoms with van der Waals surface area (Å²) in [5.74, 6) is 0. The van der Waals surface area contributed by atoms with Crippen molar-refractivity contribution < 1.29 is 4.79 Å². The predicted octanol–water partition coefficient (Wildman–Crippen LogP) is 1.99. The first-order chi connectivity index (χ1) is 6.22. The zero-order chi connectivity index (χ0) is 9.42. The van der Waals surface area contributed by atoms with Crippen molar-refractivity contribution in [2.75, 3.05) is 0 Å². The van der Waals surface area contributed by atoms with E-state index in [1.54, 1.807) is 4.68 Å². The molecule has 13 heavy (non-hydrogen) atoms. The number of halogens is 1. The first-order valence-electron chi connectivity index (χ1n) is 3.80. The van der Waals surface area contributed by atoms with Gasteiger partial charge in [0.25, 0.3) is 0 Å². The average Bonchev–Trinajstić information content (AvgIpc) is 2.42. The Labute approximate surface area is 88.9 Å². The van der Waals surface area contributed by atoms with Crippen LogP contribution in [0.3, 0.4) is 0 Å². The Bertz CT molecular complexity index is 476. The van der Waals surface area contributed by atoms with Gasteiger partial charge in [0, 0.05) is 16.0 Å². The zero-order valence-corrected chi connectivity index (χ0v) is 9.15. The lowest BCUT2D eigenvalue weighted by molar-refractivity contribution is 0.112. The molecule has 2 aromatic rings. The molecule has 0 bridgehead atoms. The summed E-state index contributed by atoms with van der Waals surface area (Å²) in [7, 11) is 1.84. The molecule has 0 saturated carbocycles. The molecule has 3 nitrogen and oxygen atoms in total. The lowest BCUT2D eigenvalue weighted by Gasteiger charge is -1.93. The van der Waals surface area contributed by atoms with E-state index >= 15 is 0 Å². The summed E-state index contributed by atoms with van der Waals surface area (Å²) in [6.07, 6.45) is 0.790. The highest BCUT2D eigenvalue weighted by Crippen LogP contribution is 2.19. The summed E-state index contributed by atoms with van der Waals surface area (Å²) < 4.78 is 2.83. The van der Waals surface area contributed by atoms with Gasteiger partial charge in [-0.05, 0) is 40.8 Å². The molecule has 0 aliphatic rings. The maximum absolute atomic E-state index is 10.7. The molecular formula is C9H7IN2O. The largest absolute Gasteiger partial charge is 0.296 e. The lowest BCUT2D eigenvalue weighted by Crippen LogP contribution is -1.90. The van der Waals surface area contributed by atoms with Crippen LogP contribution in [0.2, 0.25) is 0 Å². The Hall–Kier alpha value is -0.910. The van der Waals surface area contributed by atoms with Crippen LogP contribution in [0.15, 0.2) is 18.2 Å². The van der Waals surface area contributed by atoms with Crippen LogP contribution in [0, 0.1) is 3.57 Å². The minimum atomic E-state index is 0.510. The van der Waals surface area contributed by atoms with E-state index < -0.39 is 0 Å². The van der Waals surface area contributed by atoms with Gasteiger partial charge >= 0.3 is 0 Å². The normalized spacial score (nSPS) is 10.6. The van der Waals surface area contributed by atoms with Crippen molar-refractivity contribution in [3.05, 3.63) is 27.5 Å². The van der Waals surface area contributed by atoms with Crippen molar-refractivity contribution in [2.24, 2.45) is 7.05 Å². The Morgan fingerprint density at radius 2 is 2.31 bits per heavy atom. The monoisotopic (exact) mass is 286 g/mol. The van der Waals surface area contributed by atoms with Gasteiger partial charge < -0.3 is 0 Å². The maximum atomic E-state index is 10.7. The molecule has 0 N–H and O–H groups in total. The van der Waals surface area contributed by atoms with Crippen molar-refractivity contribution >= 4 is 39.8 Å². The van der Waals surface area contributed by atoms with Gasteiger partial charge in [-0.25, -0.2) is 0 Å². The molecule has 0 unspecified atom stereocenters. The smallest absolute Gasteiger partial charge is 0.170 e. The number of carbonyl (C=O) groups is 1. The van der Waals surface area contributed by atoms with Crippen LogP contribution in [-0.2, 0) is 7.05 Å². The fourth-order valence-corrected chi connectivity index (χ4v) is 1.84. The molecule has 1 aromatic carbocycles. The van der Waals surface area contributed by atoms with E-state index in [0.29, 0.717) is 5.69 Å². The first kappa shape index (κ1) is 8.68. The van der Waals surface area contributed by atoms with Gasteiger partial charge in [0.05, 0.1) is 5.52 Å². The maximum Gasteiger partial charge on any atom is 0.170 e. The van der Waals surface area contributed by atoms with E-state index in [4.69, 9.17) is 0 Å². The summed E-state index contributed by atoms with van der Waals surface area (Å²) in [6, 6.07) is 5.93. The van der Waals surface area contributed by atoms with Crippen molar-refractivity contribution in [1.82, 2.24) is 9.78 Å².